The van der Waals surface area contributed by atoms with Crippen molar-refractivity contribution in [3.8, 4) is 11.1 Å². The van der Waals surface area contributed by atoms with E-state index in [0.29, 0.717) is 18.0 Å². The van der Waals surface area contributed by atoms with E-state index in [0.717, 1.165) is 36.0 Å². The highest BCUT2D eigenvalue weighted by Crippen LogP contribution is 2.27. The van der Waals surface area contributed by atoms with Gasteiger partial charge in [0.25, 0.3) is 0 Å². The molecule has 4 rings (SSSR count). The molecule has 154 valence electrons. The van der Waals surface area contributed by atoms with Crippen LogP contribution in [0.1, 0.15) is 30.9 Å². The number of nitrogens with zero attached hydrogens (tertiary/aromatic N) is 1. The average molecular weight is 417 g/mol. The number of carbonyl (C=O) groups is 1. The van der Waals surface area contributed by atoms with Crippen LogP contribution in [0, 0.1) is 0 Å². The summed E-state index contributed by atoms with van der Waals surface area (Å²) in [6.45, 7) is 1.17. The first-order chi connectivity index (χ1) is 14.0. The molecule has 2 aromatic carbocycles. The largest absolute Gasteiger partial charge is 0.480 e. The molecule has 0 aliphatic carbocycles. The highest BCUT2D eigenvalue weighted by molar-refractivity contribution is 7.89. The zero-order valence-corrected chi connectivity index (χ0v) is 16.7. The van der Waals surface area contributed by atoms with Gasteiger partial charge >= 0.3 is 5.97 Å². The maximum absolute atomic E-state index is 12.8. The number of hydrazine groups is 2. The minimum atomic E-state index is -3.44. The van der Waals surface area contributed by atoms with E-state index in [4.69, 9.17) is 0 Å². The van der Waals surface area contributed by atoms with Crippen LogP contribution in [0.15, 0.2) is 53.4 Å². The van der Waals surface area contributed by atoms with E-state index in [1.165, 1.54) is 0 Å². The smallest absolute Gasteiger partial charge is 0.324 e. The predicted molar refractivity (Wildman–Crippen MR) is 108 cm³/mol. The third kappa shape index (κ3) is 4.05. The van der Waals surface area contributed by atoms with E-state index < -0.39 is 28.1 Å². The molecule has 2 aliphatic heterocycles. The molecule has 0 saturated carbocycles. The average Bonchev–Trinajstić information content (AvgIpc) is 3.25. The molecule has 2 saturated heterocycles. The molecule has 4 N–H and O–H groups in total. The van der Waals surface area contributed by atoms with Crippen molar-refractivity contribution in [2.75, 3.05) is 13.1 Å². The summed E-state index contributed by atoms with van der Waals surface area (Å²) in [4.78, 5) is 11.6. The Hall–Kier alpha value is -2.30. The van der Waals surface area contributed by atoms with Crippen LogP contribution in [0.25, 0.3) is 11.1 Å². The van der Waals surface area contributed by atoms with Gasteiger partial charge in [-0.2, -0.15) is 9.84 Å². The molecule has 2 heterocycles. The van der Waals surface area contributed by atoms with E-state index in [1.807, 2.05) is 36.4 Å². The zero-order chi connectivity index (χ0) is 20.4. The molecular weight excluding hydrogens is 392 g/mol. The van der Waals surface area contributed by atoms with Crippen molar-refractivity contribution in [2.24, 2.45) is 0 Å². The van der Waals surface area contributed by atoms with Crippen LogP contribution >= 0.6 is 0 Å². The van der Waals surface area contributed by atoms with Crippen LogP contribution in [0.3, 0.4) is 0 Å². The number of benzene rings is 2. The van der Waals surface area contributed by atoms with Gasteiger partial charge in [-0.1, -0.05) is 42.8 Å². The first-order valence-electron chi connectivity index (χ1n) is 9.66. The Morgan fingerprint density at radius 2 is 1.48 bits per heavy atom. The first kappa shape index (κ1) is 20.0. The fourth-order valence-electron chi connectivity index (χ4n) is 3.80. The molecule has 0 radical (unpaired) electrons. The Kier molecular flexibility index (Phi) is 5.66. The minimum Gasteiger partial charge on any atom is -0.480 e. The maximum atomic E-state index is 12.8. The molecule has 2 atom stereocenters. The van der Waals surface area contributed by atoms with Crippen molar-refractivity contribution in [1.29, 1.82) is 0 Å². The fourth-order valence-corrected chi connectivity index (χ4v) is 5.32. The number of rotatable bonds is 5. The summed E-state index contributed by atoms with van der Waals surface area (Å²) in [5.41, 5.74) is 10.9. The molecule has 0 bridgehead atoms. The molecule has 29 heavy (non-hydrogen) atoms. The fraction of sp³-hybridized carbons (Fsp3) is 0.350. The molecule has 2 aromatic rings. The maximum Gasteiger partial charge on any atom is 0.324 e. The van der Waals surface area contributed by atoms with Crippen molar-refractivity contribution in [2.45, 2.75) is 36.2 Å². The van der Waals surface area contributed by atoms with Gasteiger partial charge in [-0.05, 0) is 41.7 Å². The first-order valence-corrected chi connectivity index (χ1v) is 11.1. The summed E-state index contributed by atoms with van der Waals surface area (Å²) in [5, 5.41) is 9.27. The van der Waals surface area contributed by atoms with Crippen LogP contribution in [-0.4, -0.2) is 42.9 Å². The van der Waals surface area contributed by atoms with Crippen LogP contribution in [-0.2, 0) is 14.8 Å². The standard InChI is InChI=1S/C20H24N4O4S/c25-20(26)19-18(21-23-22-19)16-6-4-14(5-7-16)15-8-10-17(11-9-15)29(27,28)24-12-2-1-3-13-24/h4-11,18-19,21-23H,1-3,12-13H2,(H,25,26). The highest BCUT2D eigenvalue weighted by atomic mass is 32.2. The van der Waals surface area contributed by atoms with E-state index >= 15 is 0 Å². The third-order valence-electron chi connectivity index (χ3n) is 5.46. The lowest BCUT2D eigenvalue weighted by atomic mass is 9.97. The van der Waals surface area contributed by atoms with Gasteiger partial charge < -0.3 is 5.11 Å². The second-order valence-electron chi connectivity index (χ2n) is 7.32. The lowest BCUT2D eigenvalue weighted by Gasteiger charge is -2.25. The topological polar surface area (TPSA) is 111 Å². The van der Waals surface area contributed by atoms with Gasteiger partial charge in [0.15, 0.2) is 0 Å². The second kappa shape index (κ2) is 8.21. The number of nitrogens with one attached hydrogen (secondary N) is 3. The Balaban J connectivity index is 1.51. The zero-order valence-electron chi connectivity index (χ0n) is 15.8. The van der Waals surface area contributed by atoms with Crippen LogP contribution in [0.5, 0.6) is 0 Å². The summed E-state index contributed by atoms with van der Waals surface area (Å²) < 4.78 is 27.1. The van der Waals surface area contributed by atoms with Crippen LogP contribution in [0.4, 0.5) is 0 Å². The van der Waals surface area contributed by atoms with Gasteiger partial charge in [0, 0.05) is 13.1 Å². The summed E-state index contributed by atoms with van der Waals surface area (Å²) in [6.07, 6.45) is 2.90. The second-order valence-corrected chi connectivity index (χ2v) is 9.26. The minimum absolute atomic E-state index is 0.316. The summed E-state index contributed by atoms with van der Waals surface area (Å²) in [6, 6.07) is 13.3. The summed E-state index contributed by atoms with van der Waals surface area (Å²) in [5.74, 6) is -0.943. The van der Waals surface area contributed by atoms with Gasteiger partial charge in [-0.25, -0.2) is 19.3 Å². The normalized spacial score (nSPS) is 23.2. The quantitative estimate of drug-likeness (QED) is 0.586. The number of piperidine rings is 1. The van der Waals surface area contributed by atoms with E-state index in [2.05, 4.69) is 16.4 Å². The van der Waals surface area contributed by atoms with Crippen LogP contribution in [0.2, 0.25) is 0 Å². The Labute approximate surface area is 169 Å². The van der Waals surface area contributed by atoms with Crippen molar-refractivity contribution < 1.29 is 18.3 Å². The Morgan fingerprint density at radius 1 is 0.897 bits per heavy atom. The molecule has 9 heteroatoms. The molecule has 0 amide bonds. The number of sulfonamides is 1. The van der Waals surface area contributed by atoms with E-state index in [-0.39, 0.29) is 0 Å². The van der Waals surface area contributed by atoms with Crippen molar-refractivity contribution >= 4 is 16.0 Å². The monoisotopic (exact) mass is 416 g/mol. The van der Waals surface area contributed by atoms with E-state index in [1.54, 1.807) is 16.4 Å². The molecule has 0 spiro atoms. The molecule has 8 nitrogen and oxygen atoms in total. The van der Waals surface area contributed by atoms with Gasteiger partial charge in [0.1, 0.15) is 6.04 Å². The summed E-state index contributed by atoms with van der Waals surface area (Å²) in [7, 11) is -3.44. The number of aliphatic carboxylic acids is 1. The van der Waals surface area contributed by atoms with Gasteiger partial charge in [-0.3, -0.25) is 4.79 Å². The third-order valence-corrected chi connectivity index (χ3v) is 7.38. The Morgan fingerprint density at radius 3 is 2.07 bits per heavy atom. The molecular formula is C20H24N4O4S. The van der Waals surface area contributed by atoms with Gasteiger partial charge in [0.05, 0.1) is 10.9 Å². The lowest BCUT2D eigenvalue weighted by Crippen LogP contribution is -2.38. The lowest BCUT2D eigenvalue weighted by molar-refractivity contribution is -0.139. The van der Waals surface area contributed by atoms with Crippen LogP contribution < -0.4 is 16.4 Å². The molecule has 0 aromatic heterocycles. The summed E-state index contributed by atoms with van der Waals surface area (Å²) >= 11 is 0. The van der Waals surface area contributed by atoms with Crippen molar-refractivity contribution in [1.82, 2.24) is 20.7 Å². The number of carboxylic acids is 1. The van der Waals surface area contributed by atoms with Gasteiger partial charge in [-0.15, -0.1) is 0 Å². The van der Waals surface area contributed by atoms with Gasteiger partial charge in [0.2, 0.25) is 10.0 Å². The number of hydrogen-bond donors (Lipinski definition) is 4. The van der Waals surface area contributed by atoms with E-state index in [9.17, 15) is 18.3 Å². The SMILES string of the molecule is O=C(O)C1NNNC1c1ccc(-c2ccc(S(=O)(=O)N3CCCCC3)cc2)cc1. The van der Waals surface area contributed by atoms with Crippen molar-refractivity contribution in [3.63, 3.8) is 0 Å². The van der Waals surface area contributed by atoms with Crippen molar-refractivity contribution in [3.05, 3.63) is 54.1 Å². The predicted octanol–water partition coefficient (Wildman–Crippen LogP) is 1.63. The molecule has 2 unspecified atom stereocenters. The number of carboxylic acid groups (broad SMARTS) is 1. The Bertz CT molecular complexity index is 971. The highest BCUT2D eigenvalue weighted by Gasteiger charge is 2.33. The molecule has 2 fully saturated rings. The molecule has 2 aliphatic rings. The number of hydrogen-bond acceptors (Lipinski definition) is 6.